The minimum atomic E-state index is -0.745. The van der Waals surface area contributed by atoms with E-state index in [1.54, 1.807) is 47.9 Å². The van der Waals surface area contributed by atoms with Crippen molar-refractivity contribution in [2.45, 2.75) is 19.5 Å². The van der Waals surface area contributed by atoms with Crippen LogP contribution in [0.2, 0.25) is 5.02 Å². The van der Waals surface area contributed by atoms with Gasteiger partial charge in [-0.2, -0.15) is 0 Å². The summed E-state index contributed by atoms with van der Waals surface area (Å²) in [5, 5.41) is 1.52. The molecule has 0 amide bonds. The SMILES string of the molecule is COCCOC(=O)C1=C(C)N=c2sc(=Cc3cn(Cc4ccc(F)cc4)c4ccccc34)c(=O)n2C1c1ccc(Cl)cc1. The number of aromatic nitrogens is 2. The minimum Gasteiger partial charge on any atom is -0.460 e. The molecule has 1 atom stereocenters. The lowest BCUT2D eigenvalue weighted by Gasteiger charge is -2.24. The molecule has 6 rings (SSSR count). The number of methoxy groups -OCH3 is 1. The minimum absolute atomic E-state index is 0.0753. The number of esters is 1. The maximum atomic E-state index is 14.1. The highest BCUT2D eigenvalue weighted by atomic mass is 35.5. The number of carbonyl (C=O) groups excluding carboxylic acids is 1. The van der Waals surface area contributed by atoms with E-state index >= 15 is 0 Å². The van der Waals surface area contributed by atoms with E-state index in [0.29, 0.717) is 32.2 Å². The van der Waals surface area contributed by atoms with Gasteiger partial charge in [0.1, 0.15) is 12.4 Å². The molecule has 0 aliphatic carbocycles. The number of carbonyl (C=O) groups is 1. The van der Waals surface area contributed by atoms with E-state index in [2.05, 4.69) is 9.56 Å². The third kappa shape index (κ3) is 5.71. The van der Waals surface area contributed by atoms with Crippen molar-refractivity contribution in [3.05, 3.63) is 137 Å². The molecule has 1 unspecified atom stereocenters. The molecule has 0 spiro atoms. The van der Waals surface area contributed by atoms with Gasteiger partial charge in [0, 0.05) is 41.3 Å². The number of thiazole rings is 1. The normalized spacial score (nSPS) is 15.1. The lowest BCUT2D eigenvalue weighted by atomic mass is 9.96. The molecule has 0 N–H and O–H groups in total. The van der Waals surface area contributed by atoms with Crippen LogP contribution < -0.4 is 14.9 Å². The number of halogens is 2. The molecule has 10 heteroatoms. The molecular formula is C33H27ClFN3O4S. The Labute approximate surface area is 255 Å². The fourth-order valence-electron chi connectivity index (χ4n) is 5.29. The first-order chi connectivity index (χ1) is 20.8. The molecule has 0 saturated carbocycles. The molecule has 3 aromatic carbocycles. The number of ether oxygens (including phenoxy) is 2. The van der Waals surface area contributed by atoms with Gasteiger partial charge in [-0.1, -0.05) is 65.4 Å². The van der Waals surface area contributed by atoms with Crippen LogP contribution in [0, 0.1) is 5.82 Å². The molecule has 0 fully saturated rings. The van der Waals surface area contributed by atoms with Crippen molar-refractivity contribution >= 4 is 45.9 Å². The van der Waals surface area contributed by atoms with Gasteiger partial charge in [-0.05, 0) is 54.5 Å². The Morgan fingerprint density at radius 2 is 1.81 bits per heavy atom. The van der Waals surface area contributed by atoms with Crippen molar-refractivity contribution in [1.29, 1.82) is 0 Å². The number of nitrogens with zero attached hydrogens (tertiary/aromatic N) is 3. The summed E-state index contributed by atoms with van der Waals surface area (Å²) in [6.07, 6.45) is 3.86. The average molecular weight is 616 g/mol. The van der Waals surface area contributed by atoms with Gasteiger partial charge < -0.3 is 14.0 Å². The first kappa shape index (κ1) is 28.8. The summed E-state index contributed by atoms with van der Waals surface area (Å²) in [6, 6.07) is 20.7. The second kappa shape index (κ2) is 12.1. The van der Waals surface area contributed by atoms with Crippen LogP contribution in [0.25, 0.3) is 17.0 Å². The van der Waals surface area contributed by atoms with Crippen LogP contribution in [0.5, 0.6) is 0 Å². The molecular weight excluding hydrogens is 589 g/mol. The van der Waals surface area contributed by atoms with Crippen LogP contribution in [-0.4, -0.2) is 35.4 Å². The van der Waals surface area contributed by atoms with Crippen LogP contribution in [0.3, 0.4) is 0 Å². The smallest absolute Gasteiger partial charge is 0.338 e. The summed E-state index contributed by atoms with van der Waals surface area (Å²) < 4.78 is 28.1. The molecule has 7 nitrogen and oxygen atoms in total. The zero-order chi connectivity index (χ0) is 30.1. The van der Waals surface area contributed by atoms with Gasteiger partial charge >= 0.3 is 5.97 Å². The van der Waals surface area contributed by atoms with Gasteiger partial charge in [-0.15, -0.1) is 0 Å². The van der Waals surface area contributed by atoms with Gasteiger partial charge in [0.05, 0.1) is 28.5 Å². The summed E-state index contributed by atoms with van der Waals surface area (Å²) in [5.74, 6) is -0.841. The van der Waals surface area contributed by atoms with Crippen LogP contribution >= 0.6 is 22.9 Å². The Morgan fingerprint density at radius 3 is 2.56 bits per heavy atom. The number of rotatable bonds is 8. The highest BCUT2D eigenvalue weighted by Crippen LogP contribution is 2.31. The topological polar surface area (TPSA) is 74.8 Å². The molecule has 2 aromatic heterocycles. The van der Waals surface area contributed by atoms with Crippen molar-refractivity contribution in [2.24, 2.45) is 4.99 Å². The highest BCUT2D eigenvalue weighted by Gasteiger charge is 2.33. The van der Waals surface area contributed by atoms with Gasteiger partial charge in [-0.3, -0.25) is 9.36 Å². The number of benzene rings is 3. The average Bonchev–Trinajstić information content (AvgIpc) is 3.50. The molecule has 218 valence electrons. The van der Waals surface area contributed by atoms with Gasteiger partial charge in [0.2, 0.25) is 0 Å². The van der Waals surface area contributed by atoms with Gasteiger partial charge in [0.15, 0.2) is 4.80 Å². The number of para-hydroxylation sites is 1. The van der Waals surface area contributed by atoms with Crippen molar-refractivity contribution in [2.75, 3.05) is 20.3 Å². The molecule has 0 radical (unpaired) electrons. The van der Waals surface area contributed by atoms with Crippen LogP contribution in [0.1, 0.15) is 29.7 Å². The highest BCUT2D eigenvalue weighted by molar-refractivity contribution is 7.07. The number of allylic oxidation sites excluding steroid dienone is 1. The van der Waals surface area contributed by atoms with Crippen molar-refractivity contribution in [3.8, 4) is 0 Å². The summed E-state index contributed by atoms with van der Waals surface area (Å²) in [5.41, 5.74) is 4.01. The predicted molar refractivity (Wildman–Crippen MR) is 165 cm³/mol. The Hall–Kier alpha value is -4.31. The van der Waals surface area contributed by atoms with Crippen molar-refractivity contribution < 1.29 is 18.7 Å². The summed E-state index contributed by atoms with van der Waals surface area (Å²) in [7, 11) is 1.53. The fraction of sp³-hybridized carbons (Fsp3) is 0.182. The molecule has 43 heavy (non-hydrogen) atoms. The van der Waals surface area contributed by atoms with E-state index in [1.807, 2.05) is 36.5 Å². The first-order valence-electron chi connectivity index (χ1n) is 13.6. The van der Waals surface area contributed by atoms with E-state index in [9.17, 15) is 14.0 Å². The Bertz CT molecular complexity index is 2040. The molecule has 1 aliphatic heterocycles. The van der Waals surface area contributed by atoms with Crippen LogP contribution in [-0.2, 0) is 20.8 Å². The maximum absolute atomic E-state index is 14.1. The van der Waals surface area contributed by atoms with Crippen LogP contribution in [0.15, 0.2) is 100 Å². The molecule has 3 heterocycles. The Kier molecular flexibility index (Phi) is 8.12. The third-order valence-electron chi connectivity index (χ3n) is 7.32. The van der Waals surface area contributed by atoms with Crippen molar-refractivity contribution in [1.82, 2.24) is 9.13 Å². The van der Waals surface area contributed by atoms with E-state index in [4.69, 9.17) is 21.1 Å². The van der Waals surface area contributed by atoms with Crippen LogP contribution in [0.4, 0.5) is 4.39 Å². The summed E-state index contributed by atoms with van der Waals surface area (Å²) in [6.45, 7) is 2.61. The van der Waals surface area contributed by atoms with Crippen molar-refractivity contribution in [3.63, 3.8) is 0 Å². The zero-order valence-electron chi connectivity index (χ0n) is 23.4. The van der Waals surface area contributed by atoms with E-state index in [0.717, 1.165) is 22.0 Å². The summed E-state index contributed by atoms with van der Waals surface area (Å²) >= 11 is 7.44. The standard InChI is InChI=1S/C33H27ClFN3O4S/c1-20-29(32(40)42-16-15-41-2)30(22-9-11-24(34)12-10-22)38-31(39)28(43-33(38)36-20)17-23-19-37(27-6-4-3-5-26(23)27)18-21-7-13-25(35)14-8-21/h3-14,17,19,30H,15-16,18H2,1-2H3. The number of hydrogen-bond acceptors (Lipinski definition) is 6. The predicted octanol–water partition coefficient (Wildman–Crippen LogP) is 5.22. The number of fused-ring (bicyclic) bond motifs is 2. The van der Waals surface area contributed by atoms with Gasteiger partial charge in [-0.25, -0.2) is 14.2 Å². The Balaban J connectivity index is 1.47. The monoisotopic (exact) mass is 615 g/mol. The number of hydrogen-bond donors (Lipinski definition) is 0. The fourth-order valence-corrected chi connectivity index (χ4v) is 6.45. The van der Waals surface area contributed by atoms with E-state index in [-0.39, 0.29) is 30.2 Å². The van der Waals surface area contributed by atoms with Gasteiger partial charge in [0.25, 0.3) is 5.56 Å². The lowest BCUT2D eigenvalue weighted by molar-refractivity contribution is -0.140. The maximum Gasteiger partial charge on any atom is 0.338 e. The lowest BCUT2D eigenvalue weighted by Crippen LogP contribution is -2.40. The largest absolute Gasteiger partial charge is 0.460 e. The first-order valence-corrected chi connectivity index (χ1v) is 14.8. The second-order valence-corrected chi connectivity index (χ2v) is 11.6. The summed E-state index contributed by atoms with van der Waals surface area (Å²) in [4.78, 5) is 32.5. The molecule has 5 aromatic rings. The zero-order valence-corrected chi connectivity index (χ0v) is 25.0. The molecule has 0 saturated heterocycles. The second-order valence-electron chi connectivity index (χ2n) is 10.1. The molecule has 0 bridgehead atoms. The Morgan fingerprint density at radius 1 is 1.07 bits per heavy atom. The third-order valence-corrected chi connectivity index (χ3v) is 8.56. The molecule has 1 aliphatic rings. The van der Waals surface area contributed by atoms with E-state index in [1.165, 1.54) is 30.6 Å². The van der Waals surface area contributed by atoms with E-state index < -0.39 is 12.0 Å². The quantitative estimate of drug-likeness (QED) is 0.177.